The van der Waals surface area contributed by atoms with Crippen LogP contribution >= 0.6 is 0 Å². The van der Waals surface area contributed by atoms with Gasteiger partial charge in [-0.2, -0.15) is 0 Å². The second-order valence-corrected chi connectivity index (χ2v) is 6.20. The molecule has 1 aliphatic heterocycles. The Morgan fingerprint density at radius 2 is 2.22 bits per heavy atom. The number of phenolic OH excluding ortho intramolecular Hbond substituents is 1. The van der Waals surface area contributed by atoms with Crippen LogP contribution in [0.5, 0.6) is 5.75 Å². The van der Waals surface area contributed by atoms with Gasteiger partial charge in [0.05, 0.1) is 0 Å². The van der Waals surface area contributed by atoms with E-state index in [0.717, 1.165) is 13.0 Å². The maximum Gasteiger partial charge on any atom is 0.115 e. The number of piperidine rings is 1. The van der Waals surface area contributed by atoms with Gasteiger partial charge in [-0.3, -0.25) is 0 Å². The summed E-state index contributed by atoms with van der Waals surface area (Å²) < 4.78 is 0. The summed E-state index contributed by atoms with van der Waals surface area (Å²) in [5.41, 5.74) is 3.07. The van der Waals surface area contributed by atoms with Gasteiger partial charge < -0.3 is 10.0 Å². The molecule has 2 bridgehead atoms. The number of phenols is 1. The van der Waals surface area contributed by atoms with Crippen molar-refractivity contribution in [3.8, 4) is 5.75 Å². The number of nitrogens with zero attached hydrogens (tertiary/aromatic N) is 1. The van der Waals surface area contributed by atoms with Crippen molar-refractivity contribution in [1.29, 1.82) is 0 Å². The van der Waals surface area contributed by atoms with E-state index in [2.05, 4.69) is 31.7 Å². The second-order valence-electron chi connectivity index (χ2n) is 6.20. The van der Waals surface area contributed by atoms with Crippen LogP contribution in [0.2, 0.25) is 0 Å². The number of benzene rings is 1. The van der Waals surface area contributed by atoms with Crippen molar-refractivity contribution in [2.45, 2.75) is 45.1 Å². The molecule has 18 heavy (non-hydrogen) atoms. The molecule has 2 nitrogen and oxygen atoms in total. The molecule has 0 radical (unpaired) electrons. The van der Waals surface area contributed by atoms with E-state index in [-0.39, 0.29) is 5.41 Å². The summed E-state index contributed by atoms with van der Waals surface area (Å²) in [5.74, 6) is 1.08. The van der Waals surface area contributed by atoms with Gasteiger partial charge in [0.25, 0.3) is 0 Å². The Morgan fingerprint density at radius 1 is 1.44 bits per heavy atom. The molecule has 1 aliphatic carbocycles. The number of fused-ring (bicyclic) bond motifs is 4. The highest BCUT2D eigenvalue weighted by atomic mass is 16.3. The molecule has 1 fully saturated rings. The van der Waals surface area contributed by atoms with Crippen LogP contribution in [0.4, 0.5) is 0 Å². The van der Waals surface area contributed by atoms with Crippen LogP contribution in [0.3, 0.4) is 0 Å². The molecule has 3 rings (SSSR count). The Hall–Kier alpha value is -1.02. The van der Waals surface area contributed by atoms with Gasteiger partial charge in [-0.05, 0) is 60.5 Å². The third-order valence-corrected chi connectivity index (χ3v) is 5.51. The van der Waals surface area contributed by atoms with Crippen molar-refractivity contribution in [3.63, 3.8) is 0 Å². The monoisotopic (exact) mass is 245 g/mol. The molecule has 1 N–H and O–H groups in total. The molecular formula is C16H23NO. The topological polar surface area (TPSA) is 23.5 Å². The second kappa shape index (κ2) is 3.99. The fraction of sp³-hybridized carbons (Fsp3) is 0.625. The third kappa shape index (κ3) is 1.51. The number of likely N-dealkylation sites (N-methyl/N-ethyl adjacent to an activating group) is 1. The first-order chi connectivity index (χ1) is 8.56. The van der Waals surface area contributed by atoms with Crippen LogP contribution in [-0.4, -0.2) is 29.1 Å². The first kappa shape index (κ1) is 12.0. The number of hydrogen-bond donors (Lipinski definition) is 1. The third-order valence-electron chi connectivity index (χ3n) is 5.51. The van der Waals surface area contributed by atoms with Crippen molar-refractivity contribution < 1.29 is 5.11 Å². The largest absolute Gasteiger partial charge is 0.508 e. The summed E-state index contributed by atoms with van der Waals surface area (Å²) in [6, 6.07) is 6.64. The highest BCUT2D eigenvalue weighted by Crippen LogP contribution is 2.49. The molecule has 1 heterocycles. The van der Waals surface area contributed by atoms with E-state index in [1.54, 1.807) is 0 Å². The predicted molar refractivity (Wildman–Crippen MR) is 74.0 cm³/mol. The van der Waals surface area contributed by atoms with Crippen LogP contribution in [-0.2, 0) is 11.8 Å². The lowest BCUT2D eigenvalue weighted by Gasteiger charge is -2.54. The van der Waals surface area contributed by atoms with E-state index < -0.39 is 0 Å². The maximum atomic E-state index is 9.77. The molecule has 1 saturated heterocycles. The Labute approximate surface area is 110 Å². The number of likely N-dealkylation sites (tertiary alicyclic amines) is 1. The zero-order chi connectivity index (χ0) is 12.9. The fourth-order valence-electron chi connectivity index (χ4n) is 4.09. The molecule has 3 atom stereocenters. The van der Waals surface area contributed by atoms with Crippen molar-refractivity contribution >= 4 is 0 Å². The standard InChI is InChI=1S/C16H23NO/c1-4-17-8-7-16(3)11(2)15(17)9-12-5-6-13(18)10-14(12)16/h5-6,10-11,15,18H,4,7-9H2,1-3H3/t11-,15-,16-/m1/s1. The Balaban J connectivity index is 2.11. The normalized spacial score (nSPS) is 35.3. The number of hydrogen-bond acceptors (Lipinski definition) is 2. The highest BCUT2D eigenvalue weighted by Gasteiger charge is 2.47. The van der Waals surface area contributed by atoms with Gasteiger partial charge >= 0.3 is 0 Å². The lowest BCUT2D eigenvalue weighted by molar-refractivity contribution is 0.0353. The Kier molecular flexibility index (Phi) is 2.67. The van der Waals surface area contributed by atoms with Crippen LogP contribution in [0.1, 0.15) is 38.3 Å². The van der Waals surface area contributed by atoms with Gasteiger partial charge in [-0.25, -0.2) is 0 Å². The first-order valence-electron chi connectivity index (χ1n) is 7.12. The summed E-state index contributed by atoms with van der Waals surface area (Å²) in [6.07, 6.45) is 2.34. The molecule has 98 valence electrons. The molecule has 2 heteroatoms. The number of aromatic hydroxyl groups is 1. The summed E-state index contributed by atoms with van der Waals surface area (Å²) in [5, 5.41) is 9.77. The molecule has 1 aromatic rings. The van der Waals surface area contributed by atoms with E-state index in [0.29, 0.717) is 17.7 Å². The average molecular weight is 245 g/mol. The highest BCUT2D eigenvalue weighted by molar-refractivity contribution is 5.44. The van der Waals surface area contributed by atoms with Crippen molar-refractivity contribution in [3.05, 3.63) is 29.3 Å². The van der Waals surface area contributed by atoms with Gasteiger partial charge in [-0.15, -0.1) is 0 Å². The van der Waals surface area contributed by atoms with E-state index in [1.807, 2.05) is 12.1 Å². The lowest BCUT2D eigenvalue weighted by Crippen LogP contribution is -2.57. The van der Waals surface area contributed by atoms with Crippen LogP contribution in [0.25, 0.3) is 0 Å². The molecule has 2 aliphatic rings. The smallest absolute Gasteiger partial charge is 0.115 e. The predicted octanol–water partition coefficient (Wildman–Crippen LogP) is 2.94. The van der Waals surface area contributed by atoms with Gasteiger partial charge in [0, 0.05) is 6.04 Å². The van der Waals surface area contributed by atoms with E-state index in [4.69, 9.17) is 0 Å². The molecular weight excluding hydrogens is 222 g/mol. The minimum Gasteiger partial charge on any atom is -0.508 e. The van der Waals surface area contributed by atoms with Gasteiger partial charge in [0.2, 0.25) is 0 Å². The number of rotatable bonds is 1. The molecule has 0 spiro atoms. The maximum absolute atomic E-state index is 9.77. The van der Waals surface area contributed by atoms with Crippen LogP contribution in [0.15, 0.2) is 18.2 Å². The van der Waals surface area contributed by atoms with Crippen molar-refractivity contribution in [2.75, 3.05) is 13.1 Å². The van der Waals surface area contributed by atoms with Gasteiger partial charge in [0.15, 0.2) is 0 Å². The Morgan fingerprint density at radius 3 is 2.94 bits per heavy atom. The summed E-state index contributed by atoms with van der Waals surface area (Å²) in [6.45, 7) is 9.38. The SMILES string of the molecule is CCN1CC[C@@]2(C)c3cc(O)ccc3C[C@@H]1[C@H]2C. The zero-order valence-corrected chi connectivity index (χ0v) is 11.6. The van der Waals surface area contributed by atoms with Gasteiger partial charge in [0.1, 0.15) is 5.75 Å². The van der Waals surface area contributed by atoms with E-state index in [1.165, 1.54) is 24.1 Å². The van der Waals surface area contributed by atoms with Crippen LogP contribution < -0.4 is 0 Å². The first-order valence-corrected chi connectivity index (χ1v) is 7.12. The molecule has 1 aromatic carbocycles. The zero-order valence-electron chi connectivity index (χ0n) is 11.6. The molecule has 0 amide bonds. The van der Waals surface area contributed by atoms with Crippen molar-refractivity contribution in [2.24, 2.45) is 5.92 Å². The van der Waals surface area contributed by atoms with Gasteiger partial charge in [-0.1, -0.05) is 26.8 Å². The lowest BCUT2D eigenvalue weighted by atomic mass is 9.59. The van der Waals surface area contributed by atoms with E-state index in [9.17, 15) is 5.11 Å². The summed E-state index contributed by atoms with van der Waals surface area (Å²) in [7, 11) is 0. The van der Waals surface area contributed by atoms with Crippen LogP contribution in [0, 0.1) is 5.92 Å². The van der Waals surface area contributed by atoms with E-state index >= 15 is 0 Å². The fourth-order valence-corrected chi connectivity index (χ4v) is 4.09. The minimum absolute atomic E-state index is 0.239. The Bertz CT molecular complexity index is 470. The quantitative estimate of drug-likeness (QED) is 0.822. The molecule has 0 aromatic heterocycles. The molecule has 0 saturated carbocycles. The summed E-state index contributed by atoms with van der Waals surface area (Å²) >= 11 is 0. The van der Waals surface area contributed by atoms with Crippen molar-refractivity contribution in [1.82, 2.24) is 4.90 Å². The summed E-state index contributed by atoms with van der Waals surface area (Å²) in [4.78, 5) is 2.63. The molecule has 0 unspecified atom stereocenters. The minimum atomic E-state index is 0.239. The average Bonchev–Trinajstić information content (AvgIpc) is 2.35.